The van der Waals surface area contributed by atoms with E-state index in [-0.39, 0.29) is 18.2 Å². The van der Waals surface area contributed by atoms with Crippen molar-refractivity contribution in [2.24, 2.45) is 0 Å². The van der Waals surface area contributed by atoms with Gasteiger partial charge in [-0.3, -0.25) is 0 Å². The van der Waals surface area contributed by atoms with Gasteiger partial charge in [0.15, 0.2) is 0 Å². The van der Waals surface area contributed by atoms with E-state index >= 15 is 0 Å². The Bertz CT molecular complexity index is 462. The summed E-state index contributed by atoms with van der Waals surface area (Å²) in [5.41, 5.74) is 0. The maximum absolute atomic E-state index is 12.0. The lowest BCUT2D eigenvalue weighted by Gasteiger charge is -2.37. The van der Waals surface area contributed by atoms with Gasteiger partial charge in [-0.15, -0.1) is 0 Å². The molecule has 0 N–H and O–H groups in total. The molecule has 25 heavy (non-hydrogen) atoms. The van der Waals surface area contributed by atoms with Crippen molar-refractivity contribution in [3.05, 3.63) is 11.9 Å². The van der Waals surface area contributed by atoms with Crippen LogP contribution in [0.5, 0.6) is 0 Å². The first-order valence-corrected chi connectivity index (χ1v) is 12.9. The minimum absolute atomic E-state index is 0.194. The van der Waals surface area contributed by atoms with Gasteiger partial charge in [0, 0.05) is 18.1 Å². The molecule has 0 spiro atoms. The van der Waals surface area contributed by atoms with Crippen LogP contribution < -0.4 is 0 Å². The van der Waals surface area contributed by atoms with E-state index in [2.05, 4.69) is 39.3 Å². The second kappa shape index (κ2) is 10.6. The zero-order valence-corrected chi connectivity index (χ0v) is 18.5. The first kappa shape index (κ1) is 23.3. The fraction of sp³-hybridized carbons (Fsp3) is 0.882. The normalized spacial score (nSPS) is 26.4. The van der Waals surface area contributed by atoms with E-state index in [4.69, 9.17) is 21.6 Å². The van der Waals surface area contributed by atoms with Crippen molar-refractivity contribution in [1.82, 2.24) is 4.67 Å². The van der Waals surface area contributed by atoms with Crippen LogP contribution in [0, 0.1) is 0 Å². The van der Waals surface area contributed by atoms with E-state index in [9.17, 15) is 4.57 Å². The Morgan fingerprint density at radius 2 is 1.92 bits per heavy atom. The molecule has 2 radical (unpaired) electrons. The van der Waals surface area contributed by atoms with Gasteiger partial charge in [-0.05, 0) is 65.8 Å². The second-order valence-electron chi connectivity index (χ2n) is 7.43. The molecule has 0 aromatic rings. The number of ether oxygens (including phenoxy) is 1. The van der Waals surface area contributed by atoms with Crippen LogP contribution in [0.2, 0.25) is 0 Å². The molecule has 1 saturated heterocycles. The first-order chi connectivity index (χ1) is 11.5. The van der Waals surface area contributed by atoms with Gasteiger partial charge in [0.2, 0.25) is 0 Å². The molecule has 1 fully saturated rings. The fourth-order valence-corrected chi connectivity index (χ4v) is 5.10. The molecule has 5 nitrogen and oxygen atoms in total. The summed E-state index contributed by atoms with van der Waals surface area (Å²) < 4.78 is 32.4. The number of hydrogen-bond acceptors (Lipinski definition) is 5. The predicted molar refractivity (Wildman–Crippen MR) is 108 cm³/mol. The summed E-state index contributed by atoms with van der Waals surface area (Å²) in [5, 5.41) is 0. The van der Waals surface area contributed by atoms with E-state index in [1.807, 2.05) is 6.08 Å². The van der Waals surface area contributed by atoms with Crippen molar-refractivity contribution in [3.63, 3.8) is 0 Å². The minimum atomic E-state index is -2.26. The molecular weight excluding hydrogens is 355 g/mol. The lowest BCUT2D eigenvalue weighted by Crippen LogP contribution is -2.35. The topological polar surface area (TPSA) is 48.0 Å². The van der Waals surface area contributed by atoms with Crippen LogP contribution in [0.1, 0.15) is 47.5 Å². The Morgan fingerprint density at radius 3 is 2.40 bits per heavy atom. The van der Waals surface area contributed by atoms with Gasteiger partial charge in [-0.25, -0.2) is 4.67 Å². The highest BCUT2D eigenvalue weighted by Crippen LogP contribution is 2.49. The van der Waals surface area contributed by atoms with Crippen LogP contribution in [-0.4, -0.2) is 62.7 Å². The number of nitrogens with zero attached hydrogens (tertiary/aromatic N) is 1. The van der Waals surface area contributed by atoms with E-state index in [0.717, 1.165) is 6.42 Å². The summed E-state index contributed by atoms with van der Waals surface area (Å²) in [7, 11) is 2.50. The number of rotatable bonds is 10. The summed E-state index contributed by atoms with van der Waals surface area (Å²) in [4.78, 5) is 0. The highest BCUT2D eigenvalue weighted by molar-refractivity contribution is 7.65. The van der Waals surface area contributed by atoms with Gasteiger partial charge in [0.1, 0.15) is 21.1 Å². The third kappa shape index (κ3) is 8.24. The number of hydrogen-bond donors (Lipinski definition) is 0. The molecule has 0 aromatic carbocycles. The fourth-order valence-electron chi connectivity index (χ4n) is 2.68. The summed E-state index contributed by atoms with van der Waals surface area (Å²) in [5.74, 6) is 1.73. The molecule has 0 aliphatic carbocycles. The van der Waals surface area contributed by atoms with Crippen LogP contribution in [-0.2, 0) is 18.3 Å². The van der Waals surface area contributed by atoms with E-state index in [1.165, 1.54) is 0 Å². The van der Waals surface area contributed by atoms with Crippen LogP contribution >= 0.6 is 15.7 Å². The van der Waals surface area contributed by atoms with Crippen LogP contribution in [0.4, 0.5) is 0 Å². The largest absolute Gasteiger partial charge is 0.378 e. The molecule has 1 aliphatic rings. The van der Waals surface area contributed by atoms with Gasteiger partial charge in [-0.2, -0.15) is 0 Å². The standard InChI is InChI=1S/C17H34BNO4P2/c1-8-10-21-24(19(13(2)3)14(4)5)23-16-12-17(18)22-15(16)9-11-25(6,7)20/h9,11,13-17H,8,10,12H2,1-7H3/b11-9+/t15-,16+,17-,24?/m1/s1. The van der Waals surface area contributed by atoms with E-state index < -0.39 is 15.7 Å². The monoisotopic (exact) mass is 389 g/mol. The maximum Gasteiger partial charge on any atom is 0.259 e. The summed E-state index contributed by atoms with van der Waals surface area (Å²) in [6, 6.07) is 0.237. The van der Waals surface area contributed by atoms with Crippen molar-refractivity contribution < 1.29 is 18.3 Å². The van der Waals surface area contributed by atoms with Gasteiger partial charge < -0.3 is 18.3 Å². The Hall–Kier alpha value is 0.305. The van der Waals surface area contributed by atoms with Gasteiger partial charge in [0.05, 0.1) is 12.7 Å². The Kier molecular flexibility index (Phi) is 9.89. The van der Waals surface area contributed by atoms with Crippen LogP contribution in [0.3, 0.4) is 0 Å². The van der Waals surface area contributed by atoms with E-state index in [0.29, 0.717) is 25.1 Å². The highest BCUT2D eigenvalue weighted by Gasteiger charge is 2.37. The molecule has 0 saturated carbocycles. The third-order valence-corrected chi connectivity index (χ3v) is 6.72. The smallest absolute Gasteiger partial charge is 0.259 e. The van der Waals surface area contributed by atoms with E-state index in [1.54, 1.807) is 19.1 Å². The molecule has 1 unspecified atom stereocenters. The Morgan fingerprint density at radius 1 is 1.32 bits per heavy atom. The van der Waals surface area contributed by atoms with Crippen LogP contribution in [0.15, 0.2) is 11.9 Å². The molecule has 1 heterocycles. The van der Waals surface area contributed by atoms with Crippen molar-refractivity contribution >= 4 is 23.5 Å². The minimum Gasteiger partial charge on any atom is -0.378 e. The Labute approximate surface area is 156 Å². The molecule has 0 bridgehead atoms. The molecule has 0 aromatic heterocycles. The van der Waals surface area contributed by atoms with Crippen molar-refractivity contribution in [3.8, 4) is 0 Å². The Balaban J connectivity index is 2.92. The van der Waals surface area contributed by atoms with Crippen LogP contribution in [0.25, 0.3) is 0 Å². The van der Waals surface area contributed by atoms with Gasteiger partial charge in [-0.1, -0.05) is 6.92 Å². The van der Waals surface area contributed by atoms with Gasteiger partial charge in [0.25, 0.3) is 8.53 Å². The zero-order valence-electron chi connectivity index (χ0n) is 16.7. The van der Waals surface area contributed by atoms with Crippen molar-refractivity contribution in [2.45, 2.75) is 77.8 Å². The molecule has 8 heteroatoms. The summed E-state index contributed by atoms with van der Waals surface area (Å²) >= 11 is 0. The van der Waals surface area contributed by atoms with Crippen molar-refractivity contribution in [2.75, 3.05) is 19.9 Å². The average Bonchev–Trinajstić information content (AvgIpc) is 2.81. The highest BCUT2D eigenvalue weighted by atomic mass is 31.2. The zero-order chi connectivity index (χ0) is 19.2. The van der Waals surface area contributed by atoms with Crippen molar-refractivity contribution in [1.29, 1.82) is 0 Å². The molecule has 144 valence electrons. The quantitative estimate of drug-likeness (QED) is 0.405. The molecule has 0 amide bonds. The lowest BCUT2D eigenvalue weighted by atomic mass is 9.96. The van der Waals surface area contributed by atoms with Gasteiger partial charge >= 0.3 is 0 Å². The molecule has 4 atom stereocenters. The summed E-state index contributed by atoms with van der Waals surface area (Å²) in [6.45, 7) is 14.8. The lowest BCUT2D eigenvalue weighted by molar-refractivity contribution is 0.0625. The SMILES string of the molecule is [B][C@H]1C[C@H](OP(OCCC)N(C(C)C)C(C)C)[C@@H](/C=C/P(C)(C)=O)O1. The first-order valence-electron chi connectivity index (χ1n) is 9.08. The third-order valence-electron chi connectivity index (χ3n) is 3.68. The molecule has 1 aliphatic heterocycles. The molecule has 1 rings (SSSR count). The maximum atomic E-state index is 12.0. The second-order valence-corrected chi connectivity index (χ2v) is 12.0. The summed E-state index contributed by atoms with van der Waals surface area (Å²) in [6.07, 6.45) is 2.89. The average molecular weight is 389 g/mol. The molecular formula is C17H34BNO4P2. The predicted octanol–water partition coefficient (Wildman–Crippen LogP) is 4.56.